The number of piperidine rings is 2. The molecule has 2 aromatic heterocycles. The number of carbonyl (C=O) groups excluding carboxylic acids is 4. The molecule has 2 saturated heterocycles. The minimum Gasteiger partial charge on any atom is -0.474 e. The number of amides is 3. The Labute approximate surface area is 282 Å². The molecule has 4 heterocycles. The fourth-order valence-corrected chi connectivity index (χ4v) is 6.02. The molecule has 49 heavy (non-hydrogen) atoms. The van der Waals surface area contributed by atoms with E-state index in [1.807, 2.05) is 19.1 Å². The summed E-state index contributed by atoms with van der Waals surface area (Å²) in [6, 6.07) is 6.63. The number of carbonyl (C=O) groups is 4. The third kappa shape index (κ3) is 10.3. The predicted octanol–water partition coefficient (Wildman–Crippen LogP) is 4.44. The lowest BCUT2D eigenvalue weighted by atomic mass is 9.90. The summed E-state index contributed by atoms with van der Waals surface area (Å²) in [5.41, 5.74) is 6.88. The van der Waals surface area contributed by atoms with Gasteiger partial charge in [-0.2, -0.15) is 13.2 Å². The van der Waals surface area contributed by atoms with Crippen molar-refractivity contribution < 1.29 is 46.6 Å². The van der Waals surface area contributed by atoms with Gasteiger partial charge < -0.3 is 29.7 Å². The van der Waals surface area contributed by atoms with Gasteiger partial charge in [-0.3, -0.25) is 14.4 Å². The average molecular weight is 690 g/mol. The monoisotopic (exact) mass is 689 g/mol. The van der Waals surface area contributed by atoms with Crippen molar-refractivity contribution in [2.75, 3.05) is 19.7 Å². The van der Waals surface area contributed by atoms with E-state index in [9.17, 15) is 32.3 Å². The zero-order chi connectivity index (χ0) is 35.3. The van der Waals surface area contributed by atoms with Crippen LogP contribution < -0.4 is 15.2 Å². The van der Waals surface area contributed by atoms with E-state index < -0.39 is 42.5 Å². The number of aromatic nitrogens is 2. The number of alkyl halides is 3. The van der Waals surface area contributed by atoms with E-state index in [1.165, 1.54) is 4.90 Å². The quantitative estimate of drug-likeness (QED) is 0.328. The third-order valence-electron chi connectivity index (χ3n) is 8.82. The molecule has 0 spiro atoms. The van der Waals surface area contributed by atoms with Crippen molar-refractivity contribution in [1.29, 1.82) is 0 Å². The lowest BCUT2D eigenvalue weighted by molar-refractivity contribution is -0.190. The Kier molecular flexibility index (Phi) is 11.3. The van der Waals surface area contributed by atoms with E-state index in [-0.39, 0.29) is 30.7 Å². The van der Waals surface area contributed by atoms with Crippen LogP contribution in [0.15, 0.2) is 36.7 Å². The van der Waals surface area contributed by atoms with Crippen molar-refractivity contribution in [2.24, 2.45) is 17.6 Å². The van der Waals surface area contributed by atoms with Crippen LogP contribution in [0, 0.1) is 11.8 Å². The second-order valence-electron chi connectivity index (χ2n) is 13.4. The molecule has 0 radical (unpaired) electrons. The van der Waals surface area contributed by atoms with Gasteiger partial charge in [-0.25, -0.2) is 14.8 Å². The Morgan fingerprint density at radius 2 is 1.20 bits per heavy atom. The smallest absolute Gasteiger partial charge is 0.422 e. The number of hydrogen-bond donors (Lipinski definition) is 1. The van der Waals surface area contributed by atoms with Crippen LogP contribution in [0.3, 0.4) is 0 Å². The van der Waals surface area contributed by atoms with Gasteiger partial charge in [0.15, 0.2) is 6.61 Å². The van der Waals surface area contributed by atoms with Gasteiger partial charge in [-0.15, -0.1) is 0 Å². The standard InChI is InChI=1S/C18H21F3N2O4.C16H21N3O3/c1-11-2-5-14(12-6-7-22-15(8-12)27-13-3-4-13)23(9-11)16(24)17(25)26-10-18(19,20)21;1-10-2-5-13(19(9-10)16(21)15(17)20)11-6-7-18-14(8-11)22-12-3-4-12/h6-8,11,13-14H,2-5,9-10H2,1H3;6-8,10,12-13H,2-5,9H2,1H3,(H2,17,20). The normalized spacial score (nSPS) is 23.9. The van der Waals surface area contributed by atoms with Gasteiger partial charge in [0.2, 0.25) is 11.8 Å². The first-order valence-electron chi connectivity index (χ1n) is 16.7. The van der Waals surface area contributed by atoms with Gasteiger partial charge in [0, 0.05) is 37.6 Å². The molecule has 2 N–H and O–H groups in total. The molecule has 4 unspecified atom stereocenters. The van der Waals surface area contributed by atoms with Gasteiger partial charge >= 0.3 is 29.9 Å². The van der Waals surface area contributed by atoms with Crippen molar-refractivity contribution >= 4 is 23.7 Å². The number of esters is 1. The van der Waals surface area contributed by atoms with Gasteiger partial charge in [-0.1, -0.05) is 13.8 Å². The second-order valence-corrected chi connectivity index (χ2v) is 13.4. The fourth-order valence-electron chi connectivity index (χ4n) is 6.02. The number of rotatable bonds is 7. The van der Waals surface area contributed by atoms with Crippen LogP contribution in [-0.2, 0) is 23.9 Å². The maximum Gasteiger partial charge on any atom is 0.422 e. The maximum absolute atomic E-state index is 12.5. The van der Waals surface area contributed by atoms with Crippen molar-refractivity contribution in [1.82, 2.24) is 19.8 Å². The number of pyridine rings is 2. The topological polar surface area (TPSA) is 154 Å². The molecule has 2 aliphatic carbocycles. The van der Waals surface area contributed by atoms with Gasteiger partial charge in [0.1, 0.15) is 12.2 Å². The molecule has 2 aromatic rings. The Morgan fingerprint density at radius 3 is 1.61 bits per heavy atom. The van der Waals surface area contributed by atoms with Gasteiger partial charge in [0.25, 0.3) is 0 Å². The maximum atomic E-state index is 12.5. The van der Waals surface area contributed by atoms with Crippen molar-refractivity contribution in [2.45, 2.75) is 95.7 Å². The Balaban J connectivity index is 0.000000195. The Hall–Kier alpha value is -4.43. The van der Waals surface area contributed by atoms with E-state index in [4.69, 9.17) is 15.2 Å². The molecule has 4 fully saturated rings. The number of hydrogen-bond acceptors (Lipinski definition) is 9. The highest BCUT2D eigenvalue weighted by atomic mass is 19.4. The SMILES string of the molecule is CC1CCC(c2ccnc(OC3CC3)c2)N(C(=O)C(=O)OCC(F)(F)F)C1.CC1CCC(c2ccnc(OC3CC3)c2)N(C(=O)C(N)=O)C1. The van der Waals surface area contributed by atoms with E-state index in [0.717, 1.165) is 56.1 Å². The summed E-state index contributed by atoms with van der Waals surface area (Å²) < 4.78 is 52.3. The van der Waals surface area contributed by atoms with Crippen molar-refractivity contribution in [3.8, 4) is 11.8 Å². The van der Waals surface area contributed by atoms with Gasteiger partial charge in [-0.05, 0) is 86.5 Å². The van der Waals surface area contributed by atoms with Crippen LogP contribution in [0.5, 0.6) is 11.8 Å². The molecule has 15 heteroatoms. The van der Waals surface area contributed by atoms with Gasteiger partial charge in [0.05, 0.1) is 12.1 Å². The molecule has 6 rings (SSSR count). The Morgan fingerprint density at radius 1 is 0.755 bits per heavy atom. The van der Waals surface area contributed by atoms with Crippen molar-refractivity contribution in [3.63, 3.8) is 0 Å². The highest BCUT2D eigenvalue weighted by Gasteiger charge is 2.38. The molecule has 2 aliphatic heterocycles. The minimum absolute atomic E-state index is 0.129. The number of halogens is 3. The molecule has 2 saturated carbocycles. The zero-order valence-corrected chi connectivity index (χ0v) is 27.6. The summed E-state index contributed by atoms with van der Waals surface area (Å²) in [6.07, 6.45) is 6.34. The van der Waals surface area contributed by atoms with E-state index >= 15 is 0 Å². The van der Waals surface area contributed by atoms with Crippen LogP contribution in [0.2, 0.25) is 0 Å². The molecule has 266 valence electrons. The summed E-state index contributed by atoms with van der Waals surface area (Å²) in [5.74, 6) is -2.54. The molecule has 4 atom stereocenters. The molecule has 0 aromatic carbocycles. The number of ether oxygens (including phenoxy) is 3. The van der Waals surface area contributed by atoms with E-state index in [1.54, 1.807) is 29.4 Å². The van der Waals surface area contributed by atoms with Crippen LogP contribution in [0.4, 0.5) is 13.2 Å². The second kappa shape index (κ2) is 15.4. The molecule has 4 aliphatic rings. The molecule has 0 bridgehead atoms. The lowest BCUT2D eigenvalue weighted by Gasteiger charge is -2.38. The zero-order valence-electron chi connectivity index (χ0n) is 27.6. The number of primary amides is 1. The highest BCUT2D eigenvalue weighted by molar-refractivity contribution is 6.34. The Bertz CT molecular complexity index is 1520. The van der Waals surface area contributed by atoms with Crippen LogP contribution in [-0.4, -0.2) is 81.5 Å². The summed E-state index contributed by atoms with van der Waals surface area (Å²) in [6.45, 7) is 3.04. The first kappa shape index (κ1) is 35.9. The molecule has 3 amide bonds. The van der Waals surface area contributed by atoms with Crippen LogP contribution >= 0.6 is 0 Å². The third-order valence-corrected chi connectivity index (χ3v) is 8.82. The average Bonchev–Trinajstić information content (AvgIpc) is 4.01. The molecule has 12 nitrogen and oxygen atoms in total. The first-order valence-corrected chi connectivity index (χ1v) is 16.7. The number of nitrogens with zero attached hydrogens (tertiary/aromatic N) is 4. The van der Waals surface area contributed by atoms with E-state index in [0.29, 0.717) is 30.6 Å². The highest BCUT2D eigenvalue weighted by Crippen LogP contribution is 2.37. The van der Waals surface area contributed by atoms with Crippen molar-refractivity contribution in [3.05, 3.63) is 47.8 Å². The fraction of sp³-hybridized carbons (Fsp3) is 0.588. The summed E-state index contributed by atoms with van der Waals surface area (Å²) in [7, 11) is 0. The number of likely N-dealkylation sites (tertiary alicyclic amines) is 2. The van der Waals surface area contributed by atoms with E-state index in [2.05, 4.69) is 21.6 Å². The summed E-state index contributed by atoms with van der Waals surface area (Å²) in [5, 5.41) is 0. The largest absolute Gasteiger partial charge is 0.474 e. The first-order chi connectivity index (χ1) is 23.3. The van der Waals surface area contributed by atoms with Crippen LogP contribution in [0.1, 0.15) is 88.4 Å². The molecular formula is C34H42F3N5O7. The predicted molar refractivity (Wildman–Crippen MR) is 168 cm³/mol. The number of nitrogens with two attached hydrogens (primary N) is 1. The molecular weight excluding hydrogens is 647 g/mol. The summed E-state index contributed by atoms with van der Waals surface area (Å²) in [4.78, 5) is 58.9. The lowest BCUT2D eigenvalue weighted by Crippen LogP contribution is -2.46. The minimum atomic E-state index is -4.68. The van der Waals surface area contributed by atoms with Crippen LogP contribution in [0.25, 0.3) is 0 Å². The summed E-state index contributed by atoms with van der Waals surface area (Å²) >= 11 is 0.